The topological polar surface area (TPSA) is 92.8 Å². The quantitative estimate of drug-likeness (QED) is 0.137. The Hall–Kier alpha value is -3.07. The van der Waals surface area contributed by atoms with Crippen molar-refractivity contribution in [3.8, 4) is 11.4 Å². The van der Waals surface area contributed by atoms with Gasteiger partial charge in [0, 0.05) is 49.2 Å². The summed E-state index contributed by atoms with van der Waals surface area (Å²) in [5.41, 5.74) is 4.22. The number of aromatic amines is 1. The first-order chi connectivity index (χ1) is 18.7. The first kappa shape index (κ1) is 28.9. The standard InChI is InChI=1S/C30H38ClN5O2Si/c1-5-7-26-25-14-11-22(18-27(25)36-29(35-26)21-9-12-23(31)13-10-21)30(37)32-15-6-8-28-33-19-24(34-28)20-38-16-17-39(2,3)4/h9-14,18-19H,5-8,15-17,20H2,1-4H3,(H,32,37)(H,33,34). The molecule has 0 unspecified atom stereocenters. The summed E-state index contributed by atoms with van der Waals surface area (Å²) in [6.45, 7) is 11.1. The maximum absolute atomic E-state index is 12.9. The molecule has 0 fully saturated rings. The molecule has 0 radical (unpaired) electrons. The third-order valence-electron chi connectivity index (χ3n) is 6.44. The van der Waals surface area contributed by atoms with Crippen molar-refractivity contribution in [3.05, 3.63) is 76.5 Å². The highest BCUT2D eigenvalue weighted by Gasteiger charge is 2.14. The first-order valence-electron chi connectivity index (χ1n) is 13.7. The van der Waals surface area contributed by atoms with Gasteiger partial charge < -0.3 is 15.0 Å². The molecule has 206 valence electrons. The molecule has 2 heterocycles. The molecule has 0 spiro atoms. The Bertz CT molecular complexity index is 1400. The Morgan fingerprint density at radius 2 is 1.87 bits per heavy atom. The average molecular weight is 564 g/mol. The number of hydrogen-bond donors (Lipinski definition) is 2. The van der Waals surface area contributed by atoms with E-state index in [0.29, 0.717) is 29.6 Å². The van der Waals surface area contributed by atoms with Crippen LogP contribution in [0.2, 0.25) is 30.7 Å². The summed E-state index contributed by atoms with van der Waals surface area (Å²) >= 11 is 6.06. The lowest BCUT2D eigenvalue weighted by Crippen LogP contribution is -2.24. The van der Waals surface area contributed by atoms with E-state index in [2.05, 4.69) is 41.8 Å². The molecule has 0 bridgehead atoms. The van der Waals surface area contributed by atoms with Gasteiger partial charge in [-0.2, -0.15) is 0 Å². The lowest BCUT2D eigenvalue weighted by atomic mass is 10.1. The number of imidazole rings is 1. The van der Waals surface area contributed by atoms with E-state index in [1.807, 2.05) is 48.7 Å². The number of aryl methyl sites for hydroxylation is 2. The maximum atomic E-state index is 12.9. The van der Waals surface area contributed by atoms with Gasteiger partial charge in [0.2, 0.25) is 0 Å². The van der Waals surface area contributed by atoms with E-state index in [-0.39, 0.29) is 5.91 Å². The molecular weight excluding hydrogens is 526 g/mol. The van der Waals surface area contributed by atoms with Crippen LogP contribution in [0.1, 0.15) is 47.3 Å². The number of rotatable bonds is 13. The highest BCUT2D eigenvalue weighted by Crippen LogP contribution is 2.25. The van der Waals surface area contributed by atoms with Crippen LogP contribution in [0.15, 0.2) is 48.7 Å². The Morgan fingerprint density at radius 3 is 2.62 bits per heavy atom. The van der Waals surface area contributed by atoms with E-state index in [9.17, 15) is 4.79 Å². The van der Waals surface area contributed by atoms with Gasteiger partial charge in [-0.15, -0.1) is 0 Å². The van der Waals surface area contributed by atoms with Crippen LogP contribution in [0.4, 0.5) is 0 Å². The minimum atomic E-state index is -1.08. The van der Waals surface area contributed by atoms with Crippen LogP contribution in [0.25, 0.3) is 22.3 Å². The number of carbonyl (C=O) groups is 1. The molecule has 39 heavy (non-hydrogen) atoms. The van der Waals surface area contributed by atoms with Gasteiger partial charge in [-0.05, 0) is 55.3 Å². The summed E-state index contributed by atoms with van der Waals surface area (Å²) in [6.07, 6.45) is 5.18. The summed E-state index contributed by atoms with van der Waals surface area (Å²) in [5.74, 6) is 1.43. The van der Waals surface area contributed by atoms with E-state index in [4.69, 9.17) is 26.3 Å². The number of ether oxygens (including phenoxy) is 1. The number of carbonyl (C=O) groups excluding carboxylic acids is 1. The van der Waals surface area contributed by atoms with E-state index in [1.54, 1.807) is 0 Å². The normalized spacial score (nSPS) is 11.7. The van der Waals surface area contributed by atoms with Crippen LogP contribution in [0, 0.1) is 0 Å². The number of halogens is 1. The predicted molar refractivity (Wildman–Crippen MR) is 161 cm³/mol. The molecule has 0 saturated carbocycles. The van der Waals surface area contributed by atoms with Gasteiger partial charge in [-0.3, -0.25) is 4.79 Å². The van der Waals surface area contributed by atoms with Crippen molar-refractivity contribution in [2.45, 2.75) is 64.9 Å². The summed E-state index contributed by atoms with van der Waals surface area (Å²) in [5, 5.41) is 4.67. The lowest BCUT2D eigenvalue weighted by molar-refractivity contribution is 0.0953. The molecule has 2 aromatic carbocycles. The van der Waals surface area contributed by atoms with Crippen molar-refractivity contribution in [2.75, 3.05) is 13.2 Å². The largest absolute Gasteiger partial charge is 0.375 e. The SMILES string of the molecule is CCCc1nc(-c2ccc(Cl)cc2)nc2cc(C(=O)NCCCc3ncc(COCC[Si](C)(C)C)[nH]3)ccc12. The Balaban J connectivity index is 1.33. The number of nitrogens with zero attached hydrogens (tertiary/aromatic N) is 3. The molecule has 2 aromatic heterocycles. The van der Waals surface area contributed by atoms with Gasteiger partial charge >= 0.3 is 0 Å². The highest BCUT2D eigenvalue weighted by atomic mass is 35.5. The van der Waals surface area contributed by atoms with E-state index < -0.39 is 8.07 Å². The zero-order chi connectivity index (χ0) is 27.8. The monoisotopic (exact) mass is 563 g/mol. The molecule has 0 aliphatic rings. The van der Waals surface area contributed by atoms with Crippen molar-refractivity contribution in [3.63, 3.8) is 0 Å². The van der Waals surface area contributed by atoms with E-state index in [0.717, 1.165) is 72.0 Å². The zero-order valence-electron chi connectivity index (χ0n) is 23.3. The smallest absolute Gasteiger partial charge is 0.251 e. The molecule has 1 amide bonds. The minimum absolute atomic E-state index is 0.114. The number of amides is 1. The fraction of sp³-hybridized carbons (Fsp3) is 0.400. The van der Waals surface area contributed by atoms with Gasteiger partial charge in [0.25, 0.3) is 5.91 Å². The van der Waals surface area contributed by atoms with Crippen molar-refractivity contribution in [2.24, 2.45) is 0 Å². The van der Waals surface area contributed by atoms with Crippen molar-refractivity contribution in [1.29, 1.82) is 0 Å². The Morgan fingerprint density at radius 1 is 1.08 bits per heavy atom. The number of aromatic nitrogens is 4. The van der Waals surface area contributed by atoms with Crippen molar-refractivity contribution >= 4 is 36.5 Å². The zero-order valence-corrected chi connectivity index (χ0v) is 25.1. The Labute approximate surface area is 236 Å². The Kier molecular flexibility index (Phi) is 9.88. The third-order valence-corrected chi connectivity index (χ3v) is 8.39. The second-order valence-electron chi connectivity index (χ2n) is 11.1. The number of hydrogen-bond acceptors (Lipinski definition) is 5. The number of H-pyrrole nitrogens is 1. The van der Waals surface area contributed by atoms with Gasteiger partial charge in [-0.25, -0.2) is 15.0 Å². The van der Waals surface area contributed by atoms with Crippen LogP contribution in [-0.2, 0) is 24.2 Å². The highest BCUT2D eigenvalue weighted by molar-refractivity contribution is 6.76. The number of benzene rings is 2. The van der Waals surface area contributed by atoms with Crippen molar-refractivity contribution in [1.82, 2.24) is 25.3 Å². The fourth-order valence-electron chi connectivity index (χ4n) is 4.22. The van der Waals surface area contributed by atoms with Gasteiger partial charge in [0.1, 0.15) is 5.82 Å². The van der Waals surface area contributed by atoms with Crippen molar-refractivity contribution < 1.29 is 9.53 Å². The molecular formula is C30H38ClN5O2Si. The molecule has 0 aliphatic heterocycles. The van der Waals surface area contributed by atoms with Gasteiger partial charge in [0.05, 0.1) is 29.7 Å². The third kappa shape index (κ3) is 8.45. The molecule has 7 nitrogen and oxygen atoms in total. The van der Waals surface area contributed by atoms with Crippen LogP contribution >= 0.6 is 11.6 Å². The summed E-state index contributed by atoms with van der Waals surface area (Å²) in [4.78, 5) is 30.3. The molecule has 9 heteroatoms. The molecule has 2 N–H and O–H groups in total. The van der Waals surface area contributed by atoms with Crippen LogP contribution < -0.4 is 5.32 Å². The number of nitrogens with one attached hydrogen (secondary N) is 2. The van der Waals surface area contributed by atoms with Gasteiger partial charge in [0.15, 0.2) is 5.82 Å². The van der Waals surface area contributed by atoms with E-state index >= 15 is 0 Å². The fourth-order valence-corrected chi connectivity index (χ4v) is 5.10. The predicted octanol–water partition coefficient (Wildman–Crippen LogP) is 6.84. The minimum Gasteiger partial charge on any atom is -0.375 e. The number of fused-ring (bicyclic) bond motifs is 1. The summed E-state index contributed by atoms with van der Waals surface area (Å²) in [6, 6.07) is 14.3. The van der Waals surface area contributed by atoms with Crippen LogP contribution in [-0.4, -0.2) is 47.1 Å². The second-order valence-corrected chi connectivity index (χ2v) is 17.1. The van der Waals surface area contributed by atoms with Gasteiger partial charge in [-0.1, -0.05) is 50.7 Å². The molecule has 0 saturated heterocycles. The molecule has 0 aliphatic carbocycles. The molecule has 4 rings (SSSR count). The van der Waals surface area contributed by atoms with Crippen LogP contribution in [0.5, 0.6) is 0 Å². The van der Waals surface area contributed by atoms with E-state index in [1.165, 1.54) is 0 Å². The molecule has 0 atom stereocenters. The summed E-state index contributed by atoms with van der Waals surface area (Å²) < 4.78 is 5.80. The first-order valence-corrected chi connectivity index (χ1v) is 17.8. The molecule has 4 aromatic rings. The summed E-state index contributed by atoms with van der Waals surface area (Å²) in [7, 11) is -1.08. The lowest BCUT2D eigenvalue weighted by Gasteiger charge is -2.14. The second kappa shape index (κ2) is 13.3. The maximum Gasteiger partial charge on any atom is 0.251 e. The van der Waals surface area contributed by atoms with Crippen LogP contribution in [0.3, 0.4) is 0 Å². The average Bonchev–Trinajstić information content (AvgIpc) is 3.36.